The van der Waals surface area contributed by atoms with E-state index in [2.05, 4.69) is 56.4 Å². The fourth-order valence-electron chi connectivity index (χ4n) is 2.78. The summed E-state index contributed by atoms with van der Waals surface area (Å²) in [4.78, 5) is 0. The van der Waals surface area contributed by atoms with Gasteiger partial charge in [-0.15, -0.1) is 0 Å². The van der Waals surface area contributed by atoms with Gasteiger partial charge in [-0.25, -0.2) is 0 Å². The number of nitrogens with one attached hydrogen (secondary N) is 1. The number of aromatic nitrogens is 1. The highest BCUT2D eigenvalue weighted by Gasteiger charge is 2.37. The SMILES string of the molecule is C=Cn1ccc2c1CC(C)(C)NC2(C)C. The summed E-state index contributed by atoms with van der Waals surface area (Å²) in [5, 5.41) is 3.68. The molecular formula is C13H20N2. The van der Waals surface area contributed by atoms with E-state index in [0.717, 1.165) is 6.42 Å². The molecule has 0 aliphatic carbocycles. The topological polar surface area (TPSA) is 17.0 Å². The molecule has 0 amide bonds. The van der Waals surface area contributed by atoms with Crippen molar-refractivity contribution in [1.29, 1.82) is 0 Å². The largest absolute Gasteiger partial charge is 0.328 e. The van der Waals surface area contributed by atoms with Crippen LogP contribution >= 0.6 is 0 Å². The summed E-state index contributed by atoms with van der Waals surface area (Å²) >= 11 is 0. The Bertz CT molecular complexity index is 397. The predicted octanol–water partition coefficient (Wildman–Crippen LogP) is 2.75. The fraction of sp³-hybridized carbons (Fsp3) is 0.538. The van der Waals surface area contributed by atoms with Crippen molar-refractivity contribution in [2.24, 2.45) is 0 Å². The van der Waals surface area contributed by atoms with Crippen LogP contribution in [-0.4, -0.2) is 10.1 Å². The van der Waals surface area contributed by atoms with E-state index in [0.29, 0.717) is 0 Å². The zero-order valence-electron chi connectivity index (χ0n) is 10.1. The smallest absolute Gasteiger partial charge is 0.0399 e. The van der Waals surface area contributed by atoms with Gasteiger partial charge in [-0.05, 0) is 39.3 Å². The third kappa shape index (κ3) is 1.63. The second-order valence-corrected chi connectivity index (χ2v) is 5.58. The van der Waals surface area contributed by atoms with E-state index in [1.165, 1.54) is 11.3 Å². The second-order valence-electron chi connectivity index (χ2n) is 5.58. The first kappa shape index (κ1) is 10.5. The molecule has 0 saturated heterocycles. The van der Waals surface area contributed by atoms with Gasteiger partial charge in [0.2, 0.25) is 0 Å². The molecule has 0 unspecified atom stereocenters. The van der Waals surface area contributed by atoms with Crippen LogP contribution in [0.4, 0.5) is 0 Å². The van der Waals surface area contributed by atoms with Crippen LogP contribution in [0.5, 0.6) is 0 Å². The van der Waals surface area contributed by atoms with E-state index in [1.54, 1.807) is 0 Å². The minimum atomic E-state index is 0.0470. The van der Waals surface area contributed by atoms with Crippen LogP contribution in [0.1, 0.15) is 39.0 Å². The first-order valence-corrected chi connectivity index (χ1v) is 5.48. The molecule has 0 spiro atoms. The van der Waals surface area contributed by atoms with Gasteiger partial charge in [-0.2, -0.15) is 0 Å². The van der Waals surface area contributed by atoms with Crippen molar-refractivity contribution in [1.82, 2.24) is 9.88 Å². The minimum absolute atomic E-state index is 0.0470. The maximum Gasteiger partial charge on any atom is 0.0399 e. The predicted molar refractivity (Wildman–Crippen MR) is 64.8 cm³/mol. The first-order chi connectivity index (χ1) is 6.86. The maximum atomic E-state index is 3.85. The van der Waals surface area contributed by atoms with E-state index in [1.807, 2.05) is 6.20 Å². The normalized spacial score (nSPS) is 22.1. The van der Waals surface area contributed by atoms with Crippen LogP contribution in [-0.2, 0) is 12.0 Å². The van der Waals surface area contributed by atoms with Crippen molar-refractivity contribution in [2.45, 2.75) is 45.2 Å². The number of hydrogen-bond acceptors (Lipinski definition) is 1. The average molecular weight is 204 g/mol. The monoisotopic (exact) mass is 204 g/mol. The van der Waals surface area contributed by atoms with Crippen molar-refractivity contribution < 1.29 is 0 Å². The molecule has 1 aromatic heterocycles. The molecule has 0 radical (unpaired) electrons. The molecule has 1 aliphatic heterocycles. The zero-order chi connectivity index (χ0) is 11.3. The number of fused-ring (bicyclic) bond motifs is 1. The van der Waals surface area contributed by atoms with Gasteiger partial charge in [-0.3, -0.25) is 0 Å². The van der Waals surface area contributed by atoms with E-state index >= 15 is 0 Å². The van der Waals surface area contributed by atoms with Gasteiger partial charge in [0, 0.05) is 35.6 Å². The third-order valence-corrected chi connectivity index (χ3v) is 3.15. The standard InChI is InChI=1S/C13H20N2/c1-6-15-8-7-10-11(15)9-12(2,3)14-13(10,4)5/h6-8,14H,1,9H2,2-5H3. The van der Waals surface area contributed by atoms with E-state index in [9.17, 15) is 0 Å². The van der Waals surface area contributed by atoms with Crippen LogP contribution in [0, 0.1) is 0 Å². The molecular weight excluding hydrogens is 184 g/mol. The van der Waals surface area contributed by atoms with Crippen molar-refractivity contribution >= 4 is 6.20 Å². The third-order valence-electron chi connectivity index (χ3n) is 3.15. The Hall–Kier alpha value is -1.02. The molecule has 1 N–H and O–H groups in total. The quantitative estimate of drug-likeness (QED) is 0.744. The number of rotatable bonds is 1. The van der Waals surface area contributed by atoms with Crippen LogP contribution < -0.4 is 5.32 Å². The molecule has 0 fully saturated rings. The van der Waals surface area contributed by atoms with Crippen LogP contribution in [0.15, 0.2) is 18.8 Å². The maximum absolute atomic E-state index is 3.85. The first-order valence-electron chi connectivity index (χ1n) is 5.48. The number of nitrogens with zero attached hydrogens (tertiary/aromatic N) is 1. The average Bonchev–Trinajstić information content (AvgIpc) is 2.43. The van der Waals surface area contributed by atoms with Gasteiger partial charge in [0.1, 0.15) is 0 Å². The van der Waals surface area contributed by atoms with Crippen LogP contribution in [0.2, 0.25) is 0 Å². The van der Waals surface area contributed by atoms with Crippen molar-refractivity contribution in [2.75, 3.05) is 0 Å². The van der Waals surface area contributed by atoms with Gasteiger partial charge in [0.05, 0.1) is 0 Å². The Balaban J connectivity index is 2.57. The summed E-state index contributed by atoms with van der Waals surface area (Å²) in [6.45, 7) is 12.8. The lowest BCUT2D eigenvalue weighted by Gasteiger charge is -2.43. The summed E-state index contributed by atoms with van der Waals surface area (Å²) in [5.41, 5.74) is 2.97. The van der Waals surface area contributed by atoms with Gasteiger partial charge in [-0.1, -0.05) is 6.58 Å². The molecule has 15 heavy (non-hydrogen) atoms. The highest BCUT2D eigenvalue weighted by Crippen LogP contribution is 2.34. The van der Waals surface area contributed by atoms with E-state index in [4.69, 9.17) is 0 Å². The van der Waals surface area contributed by atoms with E-state index in [-0.39, 0.29) is 11.1 Å². The molecule has 82 valence electrons. The molecule has 1 aliphatic rings. The molecule has 2 heteroatoms. The molecule has 2 rings (SSSR count). The Morgan fingerprint density at radius 1 is 1.40 bits per heavy atom. The van der Waals surface area contributed by atoms with Gasteiger partial charge >= 0.3 is 0 Å². The Labute approximate surface area is 92.0 Å². The fourth-order valence-corrected chi connectivity index (χ4v) is 2.78. The van der Waals surface area contributed by atoms with Gasteiger partial charge < -0.3 is 9.88 Å². The lowest BCUT2D eigenvalue weighted by atomic mass is 9.81. The Kier molecular flexibility index (Phi) is 2.09. The zero-order valence-corrected chi connectivity index (χ0v) is 10.1. The van der Waals surface area contributed by atoms with Crippen molar-refractivity contribution in [3.63, 3.8) is 0 Å². The van der Waals surface area contributed by atoms with Gasteiger partial charge in [0.15, 0.2) is 0 Å². The van der Waals surface area contributed by atoms with Crippen molar-refractivity contribution in [3.8, 4) is 0 Å². The van der Waals surface area contributed by atoms with Crippen molar-refractivity contribution in [3.05, 3.63) is 30.1 Å². The molecule has 0 atom stereocenters. The Morgan fingerprint density at radius 3 is 2.67 bits per heavy atom. The van der Waals surface area contributed by atoms with E-state index < -0.39 is 0 Å². The lowest BCUT2D eigenvalue weighted by molar-refractivity contribution is 0.239. The molecule has 2 nitrogen and oxygen atoms in total. The molecule has 0 bridgehead atoms. The summed E-state index contributed by atoms with van der Waals surface area (Å²) in [5.74, 6) is 0. The summed E-state index contributed by atoms with van der Waals surface area (Å²) in [7, 11) is 0. The van der Waals surface area contributed by atoms with Crippen LogP contribution in [0.25, 0.3) is 6.20 Å². The molecule has 0 aromatic carbocycles. The minimum Gasteiger partial charge on any atom is -0.328 e. The highest BCUT2D eigenvalue weighted by molar-refractivity contribution is 5.39. The number of hydrogen-bond donors (Lipinski definition) is 1. The molecule has 0 saturated carbocycles. The molecule has 1 aromatic rings. The summed E-state index contributed by atoms with van der Waals surface area (Å²) in [6.07, 6.45) is 5.03. The molecule has 2 heterocycles. The second kappa shape index (κ2) is 2.99. The lowest BCUT2D eigenvalue weighted by Crippen LogP contribution is -2.55. The highest BCUT2D eigenvalue weighted by atomic mass is 15.1. The summed E-state index contributed by atoms with van der Waals surface area (Å²) in [6, 6.07) is 2.19. The Morgan fingerprint density at radius 2 is 2.07 bits per heavy atom. The van der Waals surface area contributed by atoms with Crippen LogP contribution in [0.3, 0.4) is 0 Å². The van der Waals surface area contributed by atoms with Gasteiger partial charge in [0.25, 0.3) is 0 Å². The summed E-state index contributed by atoms with van der Waals surface area (Å²) < 4.78 is 2.14.